The lowest BCUT2D eigenvalue weighted by molar-refractivity contribution is 0.826. The molecule has 0 aliphatic rings. The summed E-state index contributed by atoms with van der Waals surface area (Å²) in [6.07, 6.45) is 5.56. The normalized spacial score (nSPS) is 11.0. The van der Waals surface area contributed by atoms with Crippen molar-refractivity contribution in [1.29, 1.82) is 0 Å². The maximum absolute atomic E-state index is 5.73. The van der Waals surface area contributed by atoms with Crippen molar-refractivity contribution in [3.63, 3.8) is 0 Å². The molecule has 4 aromatic rings. The number of fused-ring (bicyclic) bond motifs is 1. The molecule has 0 fully saturated rings. The molecule has 23 heavy (non-hydrogen) atoms. The summed E-state index contributed by atoms with van der Waals surface area (Å²) in [5, 5.41) is 1.06. The van der Waals surface area contributed by atoms with E-state index in [9.17, 15) is 0 Å². The molecule has 0 bridgehead atoms. The highest BCUT2D eigenvalue weighted by atomic mass is 15.0. The fraction of sp³-hybridized carbons (Fsp3) is 0.0556. The van der Waals surface area contributed by atoms with Gasteiger partial charge in [-0.25, -0.2) is 15.0 Å². The number of benzene rings is 1. The first-order chi connectivity index (χ1) is 11.3. The largest absolute Gasteiger partial charge is 0.368 e. The predicted octanol–water partition coefficient (Wildman–Crippen LogP) is 3.12. The molecule has 2 N–H and O–H groups in total. The molecule has 0 amide bonds. The Morgan fingerprint density at radius 2 is 1.78 bits per heavy atom. The van der Waals surface area contributed by atoms with Gasteiger partial charge in [-0.2, -0.15) is 0 Å². The molecule has 1 aromatic carbocycles. The minimum Gasteiger partial charge on any atom is -0.368 e. The van der Waals surface area contributed by atoms with E-state index < -0.39 is 0 Å². The van der Waals surface area contributed by atoms with Crippen LogP contribution in [0.4, 0.5) is 5.95 Å². The summed E-state index contributed by atoms with van der Waals surface area (Å²) >= 11 is 0. The second-order valence-corrected chi connectivity index (χ2v) is 5.33. The molecule has 0 atom stereocenters. The number of nitrogens with two attached hydrogens (primary N) is 1. The molecule has 5 nitrogen and oxygen atoms in total. The minimum atomic E-state index is 0.273. The zero-order chi connectivity index (χ0) is 15.6. The van der Waals surface area contributed by atoms with Crippen LogP contribution in [0.25, 0.3) is 22.3 Å². The summed E-state index contributed by atoms with van der Waals surface area (Å²) in [6, 6.07) is 16.2. The number of nitrogens with zero attached hydrogens (tertiary/aromatic N) is 4. The van der Waals surface area contributed by atoms with Gasteiger partial charge in [-0.3, -0.25) is 0 Å². The Hall–Kier alpha value is -3.21. The van der Waals surface area contributed by atoms with Gasteiger partial charge in [-0.15, -0.1) is 0 Å². The number of hydrogen-bond acceptors (Lipinski definition) is 4. The predicted molar refractivity (Wildman–Crippen MR) is 90.7 cm³/mol. The summed E-state index contributed by atoms with van der Waals surface area (Å²) in [6.45, 7) is 0.759. The van der Waals surface area contributed by atoms with Crippen molar-refractivity contribution in [1.82, 2.24) is 19.5 Å². The lowest BCUT2D eigenvalue weighted by atomic mass is 10.1. The van der Waals surface area contributed by atoms with Crippen molar-refractivity contribution in [3.05, 3.63) is 72.7 Å². The summed E-state index contributed by atoms with van der Waals surface area (Å²) < 4.78 is 2.14. The van der Waals surface area contributed by atoms with E-state index in [1.165, 1.54) is 5.56 Å². The summed E-state index contributed by atoms with van der Waals surface area (Å²) in [4.78, 5) is 12.8. The average molecular weight is 301 g/mol. The molecule has 0 spiro atoms. The van der Waals surface area contributed by atoms with Gasteiger partial charge in [0, 0.05) is 36.1 Å². The van der Waals surface area contributed by atoms with Crippen LogP contribution in [-0.2, 0) is 6.54 Å². The maximum atomic E-state index is 5.73. The molecular weight excluding hydrogens is 286 g/mol. The Balaban J connectivity index is 1.86. The minimum absolute atomic E-state index is 0.273. The number of rotatable bonds is 3. The SMILES string of the molecule is Nc1nccc(-c2cn(Cc3ccccc3)c3ncccc23)n1. The van der Waals surface area contributed by atoms with E-state index in [0.717, 1.165) is 28.8 Å². The summed E-state index contributed by atoms with van der Waals surface area (Å²) in [5.74, 6) is 0.273. The van der Waals surface area contributed by atoms with E-state index >= 15 is 0 Å². The first kappa shape index (κ1) is 13.5. The fourth-order valence-corrected chi connectivity index (χ4v) is 2.75. The van der Waals surface area contributed by atoms with Gasteiger partial charge in [0.1, 0.15) is 5.65 Å². The van der Waals surface area contributed by atoms with Crippen LogP contribution < -0.4 is 5.73 Å². The average Bonchev–Trinajstić information content (AvgIpc) is 2.95. The van der Waals surface area contributed by atoms with Crippen molar-refractivity contribution >= 4 is 17.0 Å². The number of nitrogen functional groups attached to an aromatic ring is 1. The van der Waals surface area contributed by atoms with Crippen LogP contribution in [0.2, 0.25) is 0 Å². The van der Waals surface area contributed by atoms with Gasteiger partial charge in [0.2, 0.25) is 5.95 Å². The molecule has 4 rings (SSSR count). The first-order valence-electron chi connectivity index (χ1n) is 7.38. The van der Waals surface area contributed by atoms with Crippen LogP contribution in [-0.4, -0.2) is 19.5 Å². The second-order valence-electron chi connectivity index (χ2n) is 5.33. The molecule has 0 radical (unpaired) electrons. The van der Waals surface area contributed by atoms with E-state index in [1.54, 1.807) is 6.20 Å². The van der Waals surface area contributed by atoms with Crippen LogP contribution in [0.15, 0.2) is 67.1 Å². The van der Waals surface area contributed by atoms with E-state index in [-0.39, 0.29) is 5.95 Å². The van der Waals surface area contributed by atoms with E-state index in [4.69, 9.17) is 5.73 Å². The Kier molecular flexibility index (Phi) is 3.24. The molecule has 0 saturated carbocycles. The number of anilines is 1. The monoisotopic (exact) mass is 301 g/mol. The maximum Gasteiger partial charge on any atom is 0.220 e. The zero-order valence-corrected chi connectivity index (χ0v) is 12.4. The Bertz CT molecular complexity index is 959. The van der Waals surface area contributed by atoms with Crippen LogP contribution in [0.3, 0.4) is 0 Å². The molecule has 0 aliphatic heterocycles. The quantitative estimate of drug-likeness (QED) is 0.631. The smallest absolute Gasteiger partial charge is 0.220 e. The van der Waals surface area contributed by atoms with Crippen LogP contribution >= 0.6 is 0 Å². The van der Waals surface area contributed by atoms with Crippen molar-refractivity contribution in [3.8, 4) is 11.3 Å². The topological polar surface area (TPSA) is 69.6 Å². The highest BCUT2D eigenvalue weighted by Crippen LogP contribution is 2.28. The third-order valence-electron chi connectivity index (χ3n) is 3.78. The van der Waals surface area contributed by atoms with Crippen LogP contribution in [0.5, 0.6) is 0 Å². The molecule has 5 heteroatoms. The molecule has 3 aromatic heterocycles. The number of aromatic nitrogens is 4. The van der Waals surface area contributed by atoms with E-state index in [1.807, 2.05) is 36.5 Å². The molecule has 0 saturated heterocycles. The van der Waals surface area contributed by atoms with Crippen LogP contribution in [0.1, 0.15) is 5.56 Å². The number of pyridine rings is 1. The highest BCUT2D eigenvalue weighted by molar-refractivity contribution is 5.93. The third kappa shape index (κ3) is 2.53. The standard InChI is InChI=1S/C18H15N5/c19-18-21-10-8-16(22-18)15-12-23(11-13-5-2-1-3-6-13)17-14(15)7-4-9-20-17/h1-10,12H,11H2,(H2,19,21,22). The highest BCUT2D eigenvalue weighted by Gasteiger charge is 2.12. The zero-order valence-electron chi connectivity index (χ0n) is 12.4. The molecule has 0 unspecified atom stereocenters. The van der Waals surface area contributed by atoms with Crippen molar-refractivity contribution in [2.75, 3.05) is 5.73 Å². The Labute approximate surface area is 133 Å². The van der Waals surface area contributed by atoms with Crippen molar-refractivity contribution in [2.24, 2.45) is 0 Å². The Morgan fingerprint density at radius 3 is 2.61 bits per heavy atom. The van der Waals surface area contributed by atoms with Gasteiger partial charge < -0.3 is 10.3 Å². The van der Waals surface area contributed by atoms with Gasteiger partial charge in [-0.1, -0.05) is 30.3 Å². The molecular formula is C18H15N5. The summed E-state index contributed by atoms with van der Waals surface area (Å²) in [5.41, 5.74) is 9.71. The van der Waals surface area contributed by atoms with Gasteiger partial charge in [0.15, 0.2) is 0 Å². The lowest BCUT2D eigenvalue weighted by Crippen LogP contribution is -1.98. The molecule has 3 heterocycles. The van der Waals surface area contributed by atoms with Gasteiger partial charge in [0.25, 0.3) is 0 Å². The third-order valence-corrected chi connectivity index (χ3v) is 3.78. The number of hydrogen-bond donors (Lipinski definition) is 1. The second kappa shape index (κ2) is 5.53. The van der Waals surface area contributed by atoms with Crippen molar-refractivity contribution < 1.29 is 0 Å². The van der Waals surface area contributed by atoms with Gasteiger partial charge >= 0.3 is 0 Å². The van der Waals surface area contributed by atoms with Crippen molar-refractivity contribution in [2.45, 2.75) is 6.54 Å². The molecule has 112 valence electrons. The van der Waals surface area contributed by atoms with Gasteiger partial charge in [0.05, 0.1) is 5.69 Å². The Morgan fingerprint density at radius 1 is 0.913 bits per heavy atom. The molecule has 0 aliphatic carbocycles. The summed E-state index contributed by atoms with van der Waals surface area (Å²) in [7, 11) is 0. The van der Waals surface area contributed by atoms with Crippen LogP contribution in [0, 0.1) is 0 Å². The first-order valence-corrected chi connectivity index (χ1v) is 7.38. The van der Waals surface area contributed by atoms with Gasteiger partial charge in [-0.05, 0) is 23.8 Å². The van der Waals surface area contributed by atoms with E-state index in [2.05, 4.69) is 43.9 Å². The lowest BCUT2D eigenvalue weighted by Gasteiger charge is -2.04. The fourth-order valence-electron chi connectivity index (χ4n) is 2.75. The van der Waals surface area contributed by atoms with E-state index in [0.29, 0.717) is 0 Å².